The van der Waals surface area contributed by atoms with Gasteiger partial charge in [0.2, 0.25) is 0 Å². The van der Waals surface area contributed by atoms with Gasteiger partial charge < -0.3 is 9.61 Å². The van der Waals surface area contributed by atoms with Gasteiger partial charge in [-0.05, 0) is 18.2 Å². The number of carbonyl (C=O) groups is 1. The second-order valence-electron chi connectivity index (χ2n) is 3.76. The van der Waals surface area contributed by atoms with Gasteiger partial charge in [-0.15, -0.1) is 0 Å². The van der Waals surface area contributed by atoms with E-state index in [0.29, 0.717) is 5.69 Å². The van der Waals surface area contributed by atoms with Crippen LogP contribution in [0.1, 0.15) is 10.4 Å². The summed E-state index contributed by atoms with van der Waals surface area (Å²) in [7, 11) is 0. The molecule has 0 spiro atoms. The van der Waals surface area contributed by atoms with Gasteiger partial charge in [0.15, 0.2) is 5.75 Å². The number of anilines is 1. The predicted molar refractivity (Wildman–Crippen MR) is 89.5 cm³/mol. The minimum absolute atomic E-state index is 0. The Labute approximate surface area is 184 Å². The molecule has 8 heteroatoms. The Hall–Kier alpha value is 0.506. The first-order valence-corrected chi connectivity index (χ1v) is 6.81. The third-order valence-electron chi connectivity index (χ3n) is 2.47. The van der Waals surface area contributed by atoms with E-state index in [2.05, 4.69) is 9.61 Å². The van der Waals surface area contributed by atoms with Crippen LogP contribution >= 0.6 is 46.7 Å². The first-order chi connectivity index (χ1) is 9.54. The summed E-state index contributed by atoms with van der Waals surface area (Å²) in [5, 5.41) is 2.85. The van der Waals surface area contributed by atoms with E-state index < -0.39 is 5.91 Å². The van der Waals surface area contributed by atoms with Crippen molar-refractivity contribution in [1.82, 2.24) is 0 Å². The van der Waals surface area contributed by atoms with Crippen LogP contribution in [-0.4, -0.2) is 57.3 Å². The standard InChI is InChI=1S/C13H7Cl4NO2.K.H/c14-9-6-8(12(20-17)11(16)10(9)15)13(19)18-7-4-2-1-3-5-7;;/h1-6H,(H,18,19);;. The summed E-state index contributed by atoms with van der Waals surface area (Å²) in [6.07, 6.45) is 0. The fourth-order valence-electron chi connectivity index (χ4n) is 1.54. The first kappa shape index (κ1) is 19.6. The van der Waals surface area contributed by atoms with Gasteiger partial charge >= 0.3 is 51.4 Å². The molecule has 0 aromatic heterocycles. The Balaban J connectivity index is 0.00000220. The van der Waals surface area contributed by atoms with E-state index in [-0.39, 0.29) is 77.8 Å². The quantitative estimate of drug-likeness (QED) is 0.604. The van der Waals surface area contributed by atoms with Crippen molar-refractivity contribution >= 4 is 110 Å². The van der Waals surface area contributed by atoms with E-state index in [1.807, 2.05) is 6.07 Å². The molecule has 3 nitrogen and oxygen atoms in total. The first-order valence-electron chi connectivity index (χ1n) is 5.37. The van der Waals surface area contributed by atoms with Crippen LogP contribution < -0.4 is 9.61 Å². The molecule has 21 heavy (non-hydrogen) atoms. The van der Waals surface area contributed by atoms with Gasteiger partial charge in [0.1, 0.15) is 16.9 Å². The van der Waals surface area contributed by atoms with E-state index >= 15 is 0 Å². The molecule has 0 fully saturated rings. The van der Waals surface area contributed by atoms with Crippen molar-refractivity contribution in [1.29, 1.82) is 0 Å². The summed E-state index contributed by atoms with van der Waals surface area (Å²) >= 11 is 23.1. The van der Waals surface area contributed by atoms with E-state index in [1.165, 1.54) is 6.07 Å². The summed E-state index contributed by atoms with van der Waals surface area (Å²) in [5.74, 6) is -0.511. The van der Waals surface area contributed by atoms with Gasteiger partial charge in [0, 0.05) is 5.69 Å². The van der Waals surface area contributed by atoms with Crippen molar-refractivity contribution in [2.45, 2.75) is 0 Å². The molecule has 0 atom stereocenters. The minimum atomic E-state index is -0.465. The van der Waals surface area contributed by atoms with Crippen LogP contribution in [0.3, 0.4) is 0 Å². The maximum atomic E-state index is 12.2. The third-order valence-corrected chi connectivity index (χ3v) is 3.87. The van der Waals surface area contributed by atoms with Crippen LogP contribution in [0.15, 0.2) is 36.4 Å². The Morgan fingerprint density at radius 3 is 2.24 bits per heavy atom. The predicted octanol–water partition coefficient (Wildman–Crippen LogP) is 4.78. The van der Waals surface area contributed by atoms with Gasteiger partial charge in [-0.1, -0.05) is 53.0 Å². The molecule has 0 saturated carbocycles. The zero-order chi connectivity index (χ0) is 14.7. The Morgan fingerprint density at radius 1 is 1.05 bits per heavy atom. The van der Waals surface area contributed by atoms with Crippen LogP contribution in [0.25, 0.3) is 0 Å². The van der Waals surface area contributed by atoms with Gasteiger partial charge in [0.25, 0.3) is 5.91 Å². The molecule has 2 aromatic carbocycles. The average molecular weight is 391 g/mol. The van der Waals surface area contributed by atoms with E-state index in [1.54, 1.807) is 24.3 Å². The summed E-state index contributed by atoms with van der Waals surface area (Å²) in [6.45, 7) is 0. The normalized spacial score (nSPS) is 9.71. The van der Waals surface area contributed by atoms with E-state index in [4.69, 9.17) is 46.7 Å². The summed E-state index contributed by atoms with van der Waals surface area (Å²) in [4.78, 5) is 12.2. The number of nitrogens with one attached hydrogen (secondary N) is 1. The number of para-hydroxylation sites is 1. The molecule has 0 heterocycles. The van der Waals surface area contributed by atoms with Gasteiger partial charge in [0.05, 0.1) is 15.6 Å². The summed E-state index contributed by atoms with van der Waals surface area (Å²) in [6, 6.07) is 10.2. The summed E-state index contributed by atoms with van der Waals surface area (Å²) in [5.41, 5.74) is 0.698. The zero-order valence-corrected chi connectivity index (χ0v) is 12.8. The summed E-state index contributed by atoms with van der Waals surface area (Å²) < 4.78 is 4.61. The third kappa shape index (κ3) is 4.74. The zero-order valence-electron chi connectivity index (χ0n) is 9.79. The molecule has 0 aliphatic carbocycles. The van der Waals surface area contributed by atoms with E-state index in [0.717, 1.165) is 0 Å². The molecule has 0 saturated heterocycles. The second-order valence-corrected chi connectivity index (χ2v) is 5.08. The molecule has 0 unspecified atom stereocenters. The van der Waals surface area contributed by atoms with Crippen molar-refractivity contribution in [3.63, 3.8) is 0 Å². The molecule has 0 aliphatic heterocycles. The van der Waals surface area contributed by atoms with Crippen molar-refractivity contribution in [3.05, 3.63) is 57.0 Å². The van der Waals surface area contributed by atoms with Crippen LogP contribution in [0, 0.1) is 0 Å². The number of benzene rings is 2. The van der Waals surface area contributed by atoms with Gasteiger partial charge in [-0.3, -0.25) is 4.79 Å². The molecular formula is C13H8Cl4KNO2. The van der Waals surface area contributed by atoms with E-state index in [9.17, 15) is 4.79 Å². The molecular weight excluding hydrogens is 383 g/mol. The Kier molecular flexibility index (Phi) is 8.34. The molecule has 1 N–H and O–H groups in total. The monoisotopic (exact) mass is 389 g/mol. The van der Waals surface area contributed by atoms with Crippen LogP contribution in [0.4, 0.5) is 5.69 Å². The Bertz CT molecular complexity index is 652. The van der Waals surface area contributed by atoms with Crippen molar-refractivity contribution in [3.8, 4) is 5.75 Å². The molecule has 2 rings (SSSR count). The SMILES string of the molecule is O=C(Nc1ccccc1)c1cc(Cl)c(Cl)c(Cl)c1OCl.[KH]. The fraction of sp³-hybridized carbons (Fsp3) is 0. The molecule has 1 amide bonds. The number of halogens is 4. The molecule has 0 bridgehead atoms. The van der Waals surface area contributed by atoms with Crippen molar-refractivity contribution in [2.75, 3.05) is 5.32 Å². The average Bonchev–Trinajstić information content (AvgIpc) is 2.45. The maximum absolute atomic E-state index is 12.2. The molecule has 2 aromatic rings. The number of carbonyl (C=O) groups excluding carboxylic acids is 1. The number of amides is 1. The molecule has 106 valence electrons. The molecule has 0 radical (unpaired) electrons. The fourth-order valence-corrected chi connectivity index (χ4v) is 2.38. The van der Waals surface area contributed by atoms with Gasteiger partial charge in [-0.2, -0.15) is 0 Å². The second kappa shape index (κ2) is 8.96. The number of hydrogen-bond acceptors (Lipinski definition) is 2. The van der Waals surface area contributed by atoms with Crippen molar-refractivity contribution < 1.29 is 9.08 Å². The van der Waals surface area contributed by atoms with Crippen LogP contribution in [0.2, 0.25) is 15.1 Å². The molecule has 0 aliphatic rings. The topological polar surface area (TPSA) is 38.3 Å². The Morgan fingerprint density at radius 2 is 1.67 bits per heavy atom. The van der Waals surface area contributed by atoms with Crippen molar-refractivity contribution in [2.24, 2.45) is 0 Å². The van der Waals surface area contributed by atoms with Gasteiger partial charge in [-0.25, -0.2) is 0 Å². The number of hydrogen-bond donors (Lipinski definition) is 1. The van der Waals surface area contributed by atoms with Crippen LogP contribution in [-0.2, 0) is 0 Å². The van der Waals surface area contributed by atoms with Crippen LogP contribution in [0.5, 0.6) is 5.75 Å². The number of rotatable bonds is 3.